The van der Waals surface area contributed by atoms with Gasteiger partial charge in [-0.2, -0.15) is 0 Å². The van der Waals surface area contributed by atoms with Gasteiger partial charge in [-0.15, -0.1) is 0 Å². The van der Waals surface area contributed by atoms with E-state index in [0.717, 1.165) is 11.1 Å². The van der Waals surface area contributed by atoms with E-state index in [1.807, 2.05) is 12.1 Å². The van der Waals surface area contributed by atoms with Gasteiger partial charge in [-0.05, 0) is 65.5 Å². The average Bonchev–Trinajstić information content (AvgIpc) is 2.73. The molecule has 2 atom stereocenters. The van der Waals surface area contributed by atoms with E-state index in [1.54, 1.807) is 18.3 Å². The largest absolute Gasteiger partial charge is 0.506 e. The highest BCUT2D eigenvalue weighted by atomic mass is 16.3. The number of aryl methyl sites for hydroxylation is 1. The van der Waals surface area contributed by atoms with E-state index in [4.69, 9.17) is 0 Å². The topological polar surface area (TPSA) is 33.1 Å². The van der Waals surface area contributed by atoms with E-state index in [1.165, 1.54) is 36.0 Å². The maximum Gasteiger partial charge on any atom is 0.141 e. The highest BCUT2D eigenvalue weighted by molar-refractivity contribution is 5.71. The highest BCUT2D eigenvalue weighted by Crippen LogP contribution is 2.42. The summed E-state index contributed by atoms with van der Waals surface area (Å²) in [6, 6.07) is 20.5. The molecular weight excluding hydrogens is 330 g/mol. The SMILES string of the molecule is C=C(c1ccc(-c2ncccc2O)cc1)C(C)C1CCCc2ccccc21. The van der Waals surface area contributed by atoms with Crippen LogP contribution in [0.15, 0.2) is 73.4 Å². The van der Waals surface area contributed by atoms with Crippen LogP contribution in [0.4, 0.5) is 0 Å². The van der Waals surface area contributed by atoms with E-state index in [-0.39, 0.29) is 5.75 Å². The summed E-state index contributed by atoms with van der Waals surface area (Å²) >= 11 is 0. The molecule has 1 aliphatic rings. The predicted octanol–water partition coefficient (Wildman–Crippen LogP) is 6.22. The summed E-state index contributed by atoms with van der Waals surface area (Å²) in [5, 5.41) is 10.0. The van der Waals surface area contributed by atoms with Gasteiger partial charge in [0.2, 0.25) is 0 Å². The normalized spacial score (nSPS) is 17.1. The summed E-state index contributed by atoms with van der Waals surface area (Å²) in [5.74, 6) is 1.12. The van der Waals surface area contributed by atoms with Gasteiger partial charge in [0.05, 0.1) is 0 Å². The number of rotatable bonds is 4. The molecule has 1 aliphatic carbocycles. The van der Waals surface area contributed by atoms with Crippen molar-refractivity contribution in [3.63, 3.8) is 0 Å². The number of aromatic hydroxyl groups is 1. The number of benzene rings is 2. The molecule has 136 valence electrons. The third-order valence-corrected chi connectivity index (χ3v) is 5.88. The highest BCUT2D eigenvalue weighted by Gasteiger charge is 2.26. The summed E-state index contributed by atoms with van der Waals surface area (Å²) in [6.45, 7) is 6.73. The second-order valence-electron chi connectivity index (χ2n) is 7.46. The summed E-state index contributed by atoms with van der Waals surface area (Å²) in [5.41, 5.74) is 6.85. The molecule has 2 aromatic carbocycles. The van der Waals surface area contributed by atoms with Crippen LogP contribution in [0, 0.1) is 5.92 Å². The molecule has 2 nitrogen and oxygen atoms in total. The summed E-state index contributed by atoms with van der Waals surface area (Å²) in [4.78, 5) is 4.28. The minimum atomic E-state index is 0.205. The molecule has 1 aromatic heterocycles. The monoisotopic (exact) mass is 355 g/mol. The number of hydrogen-bond donors (Lipinski definition) is 1. The van der Waals surface area contributed by atoms with Crippen LogP contribution in [0.2, 0.25) is 0 Å². The van der Waals surface area contributed by atoms with Gasteiger partial charge in [-0.25, -0.2) is 0 Å². The molecular formula is C25H25NO. The molecule has 1 heterocycles. The number of allylic oxidation sites excluding steroid dienone is 1. The lowest BCUT2D eigenvalue weighted by Crippen LogP contribution is -2.17. The first-order valence-corrected chi connectivity index (χ1v) is 9.66. The van der Waals surface area contributed by atoms with Gasteiger partial charge >= 0.3 is 0 Å². The summed E-state index contributed by atoms with van der Waals surface area (Å²) in [6.07, 6.45) is 5.35. The molecule has 0 saturated carbocycles. The van der Waals surface area contributed by atoms with Crippen LogP contribution in [-0.2, 0) is 6.42 Å². The van der Waals surface area contributed by atoms with E-state index >= 15 is 0 Å². The lowest BCUT2D eigenvalue weighted by atomic mass is 9.73. The molecule has 0 spiro atoms. The molecule has 3 aromatic rings. The van der Waals surface area contributed by atoms with Crippen molar-refractivity contribution in [2.24, 2.45) is 5.92 Å². The van der Waals surface area contributed by atoms with Crippen LogP contribution in [0.1, 0.15) is 42.4 Å². The smallest absolute Gasteiger partial charge is 0.141 e. The van der Waals surface area contributed by atoms with Crippen molar-refractivity contribution in [1.29, 1.82) is 0 Å². The van der Waals surface area contributed by atoms with Gasteiger partial charge < -0.3 is 5.11 Å². The number of aromatic nitrogens is 1. The molecule has 2 unspecified atom stereocenters. The molecule has 2 heteroatoms. The fourth-order valence-corrected chi connectivity index (χ4v) is 4.28. The summed E-state index contributed by atoms with van der Waals surface area (Å²) in [7, 11) is 0. The second-order valence-corrected chi connectivity index (χ2v) is 7.46. The fourth-order valence-electron chi connectivity index (χ4n) is 4.28. The second kappa shape index (κ2) is 7.40. The van der Waals surface area contributed by atoms with Crippen LogP contribution in [0.5, 0.6) is 5.75 Å². The minimum absolute atomic E-state index is 0.205. The third-order valence-electron chi connectivity index (χ3n) is 5.88. The predicted molar refractivity (Wildman–Crippen MR) is 112 cm³/mol. The Morgan fingerprint density at radius 3 is 2.63 bits per heavy atom. The molecule has 27 heavy (non-hydrogen) atoms. The Hall–Kier alpha value is -2.87. The van der Waals surface area contributed by atoms with Crippen LogP contribution in [0.3, 0.4) is 0 Å². The molecule has 0 bridgehead atoms. The average molecular weight is 355 g/mol. The Morgan fingerprint density at radius 1 is 1.07 bits per heavy atom. The van der Waals surface area contributed by atoms with Gasteiger partial charge in [0.1, 0.15) is 11.4 Å². The zero-order valence-electron chi connectivity index (χ0n) is 15.7. The molecule has 0 saturated heterocycles. The van der Waals surface area contributed by atoms with Crippen LogP contribution in [-0.4, -0.2) is 10.1 Å². The Bertz CT molecular complexity index is 958. The summed E-state index contributed by atoms with van der Waals surface area (Å²) < 4.78 is 0. The van der Waals surface area contributed by atoms with Crippen molar-refractivity contribution in [3.05, 3.63) is 90.1 Å². The minimum Gasteiger partial charge on any atom is -0.506 e. The first-order chi connectivity index (χ1) is 13.1. The molecule has 0 amide bonds. The number of pyridine rings is 1. The molecule has 0 aliphatic heterocycles. The first kappa shape index (κ1) is 17.5. The van der Waals surface area contributed by atoms with E-state index in [2.05, 4.69) is 54.9 Å². The van der Waals surface area contributed by atoms with Crippen LogP contribution < -0.4 is 0 Å². The van der Waals surface area contributed by atoms with E-state index in [9.17, 15) is 5.11 Å². The van der Waals surface area contributed by atoms with Crippen molar-refractivity contribution < 1.29 is 5.11 Å². The van der Waals surface area contributed by atoms with E-state index < -0.39 is 0 Å². The zero-order valence-corrected chi connectivity index (χ0v) is 15.7. The van der Waals surface area contributed by atoms with Crippen LogP contribution in [0.25, 0.3) is 16.8 Å². The zero-order chi connectivity index (χ0) is 18.8. The first-order valence-electron chi connectivity index (χ1n) is 9.66. The molecule has 1 N–H and O–H groups in total. The van der Waals surface area contributed by atoms with E-state index in [0.29, 0.717) is 17.5 Å². The number of fused-ring (bicyclic) bond motifs is 1. The maximum atomic E-state index is 10.0. The van der Waals surface area contributed by atoms with Crippen molar-refractivity contribution in [2.45, 2.75) is 32.1 Å². The van der Waals surface area contributed by atoms with Crippen LogP contribution >= 0.6 is 0 Å². The van der Waals surface area contributed by atoms with Gasteiger partial charge in [0.15, 0.2) is 0 Å². The maximum absolute atomic E-state index is 10.0. The molecule has 4 rings (SSSR count). The van der Waals surface area contributed by atoms with Gasteiger partial charge in [-0.3, -0.25) is 4.98 Å². The quantitative estimate of drug-likeness (QED) is 0.602. The van der Waals surface area contributed by atoms with Gasteiger partial charge in [-0.1, -0.05) is 62.0 Å². The van der Waals surface area contributed by atoms with Crippen molar-refractivity contribution in [2.75, 3.05) is 0 Å². The van der Waals surface area contributed by atoms with Crippen molar-refractivity contribution >= 4 is 5.57 Å². The number of nitrogens with zero attached hydrogens (tertiary/aromatic N) is 1. The number of hydrogen-bond acceptors (Lipinski definition) is 2. The fraction of sp³-hybridized carbons (Fsp3) is 0.240. The molecule has 0 fully saturated rings. The Balaban J connectivity index is 1.58. The Morgan fingerprint density at radius 2 is 1.85 bits per heavy atom. The van der Waals surface area contributed by atoms with Crippen molar-refractivity contribution in [1.82, 2.24) is 4.98 Å². The Labute approximate surface area is 161 Å². The standard InChI is InChI=1S/C25H25NO/c1-17(18(2)22-10-5-8-20-7-3-4-9-23(20)22)19-12-14-21(15-13-19)25-24(27)11-6-16-26-25/h3-4,6-7,9,11-16,18,22,27H,1,5,8,10H2,2H3. The third kappa shape index (κ3) is 3.40. The molecule has 0 radical (unpaired) electrons. The lowest BCUT2D eigenvalue weighted by molar-refractivity contribution is 0.475. The lowest BCUT2D eigenvalue weighted by Gasteiger charge is -2.31. The van der Waals surface area contributed by atoms with Gasteiger partial charge in [0.25, 0.3) is 0 Å². The Kier molecular flexibility index (Phi) is 4.81. The van der Waals surface area contributed by atoms with Gasteiger partial charge in [0, 0.05) is 11.8 Å². The van der Waals surface area contributed by atoms with Crippen molar-refractivity contribution in [3.8, 4) is 17.0 Å².